The molecule has 0 aliphatic carbocycles. The highest BCUT2D eigenvalue weighted by molar-refractivity contribution is 7.89. The normalized spacial score (nSPS) is 11.9. The summed E-state index contributed by atoms with van der Waals surface area (Å²) in [5.41, 5.74) is 0. The summed E-state index contributed by atoms with van der Waals surface area (Å²) in [6.07, 6.45) is 2.31. The molecule has 0 aromatic carbocycles. The minimum Gasteiger partial charge on any atom is -0.480 e. The van der Waals surface area contributed by atoms with Crippen LogP contribution in [0.1, 0.15) is 0 Å². The van der Waals surface area contributed by atoms with Crippen molar-refractivity contribution in [3.63, 3.8) is 0 Å². The number of ether oxygens (including phenoxy) is 1. The van der Waals surface area contributed by atoms with Gasteiger partial charge in [0.15, 0.2) is 0 Å². The van der Waals surface area contributed by atoms with E-state index in [1.807, 2.05) is 0 Å². The Kier molecular flexibility index (Phi) is 4.82. The van der Waals surface area contributed by atoms with Crippen LogP contribution in [0.3, 0.4) is 0 Å². The van der Waals surface area contributed by atoms with Crippen LogP contribution in [0.5, 0.6) is 0 Å². The summed E-state index contributed by atoms with van der Waals surface area (Å²) in [6, 6.07) is 0. The number of likely N-dealkylation sites (N-methyl/N-ethyl adjacent to an activating group) is 1. The number of carboxylic acids is 1. The van der Waals surface area contributed by atoms with Crippen LogP contribution in [0, 0.1) is 0 Å². The van der Waals surface area contributed by atoms with Crippen LogP contribution in [-0.2, 0) is 26.1 Å². The summed E-state index contributed by atoms with van der Waals surface area (Å²) < 4.78 is 31.0. The second-order valence-electron chi connectivity index (χ2n) is 3.59. The molecule has 1 N–H and O–H groups in total. The monoisotopic (exact) mass is 277 g/mol. The van der Waals surface area contributed by atoms with Crippen molar-refractivity contribution in [3.8, 4) is 0 Å². The first-order valence-corrected chi connectivity index (χ1v) is 6.51. The van der Waals surface area contributed by atoms with Gasteiger partial charge in [0.25, 0.3) is 0 Å². The van der Waals surface area contributed by atoms with Crippen molar-refractivity contribution >= 4 is 16.0 Å². The first-order valence-electron chi connectivity index (χ1n) is 5.07. The van der Waals surface area contributed by atoms with Crippen LogP contribution in [0.2, 0.25) is 0 Å². The van der Waals surface area contributed by atoms with Gasteiger partial charge in [-0.25, -0.2) is 8.42 Å². The van der Waals surface area contributed by atoms with E-state index < -0.39 is 16.0 Å². The van der Waals surface area contributed by atoms with Gasteiger partial charge >= 0.3 is 5.97 Å². The molecule has 0 atom stereocenters. The summed E-state index contributed by atoms with van der Waals surface area (Å²) in [4.78, 5) is 10.4. The lowest BCUT2D eigenvalue weighted by Gasteiger charge is -2.14. The standard InChI is InChI=1S/C9H15N3O5S/c1-11(3-4-17-2)18(15,16)8-5-10-12(6-8)7-9(13)14/h5-6H,3-4,7H2,1-2H3,(H,13,14). The molecule has 0 spiro atoms. The van der Waals surface area contributed by atoms with E-state index in [0.717, 1.165) is 15.2 Å². The van der Waals surface area contributed by atoms with Crippen molar-refractivity contribution in [2.24, 2.45) is 0 Å². The van der Waals surface area contributed by atoms with Crippen LogP contribution in [0.25, 0.3) is 0 Å². The lowest BCUT2D eigenvalue weighted by molar-refractivity contribution is -0.137. The van der Waals surface area contributed by atoms with Gasteiger partial charge in [0.1, 0.15) is 11.4 Å². The number of methoxy groups -OCH3 is 1. The molecule has 0 amide bonds. The molecule has 0 aliphatic rings. The Morgan fingerprint density at radius 2 is 2.28 bits per heavy atom. The summed E-state index contributed by atoms with van der Waals surface area (Å²) in [6.45, 7) is 0.110. The summed E-state index contributed by atoms with van der Waals surface area (Å²) in [7, 11) is -0.752. The highest BCUT2D eigenvalue weighted by atomic mass is 32.2. The van der Waals surface area contributed by atoms with Crippen molar-refractivity contribution in [2.75, 3.05) is 27.3 Å². The first kappa shape index (κ1) is 14.6. The quantitative estimate of drug-likeness (QED) is 0.702. The van der Waals surface area contributed by atoms with Crippen LogP contribution in [0.4, 0.5) is 0 Å². The van der Waals surface area contributed by atoms with Crippen LogP contribution < -0.4 is 0 Å². The van der Waals surface area contributed by atoms with E-state index in [0.29, 0.717) is 0 Å². The molecule has 0 saturated carbocycles. The zero-order valence-corrected chi connectivity index (χ0v) is 10.9. The van der Waals surface area contributed by atoms with Gasteiger partial charge in [-0.05, 0) is 0 Å². The van der Waals surface area contributed by atoms with Gasteiger partial charge in [0.2, 0.25) is 10.0 Å². The summed E-state index contributed by atoms with van der Waals surface area (Å²) in [5, 5.41) is 12.3. The number of carbonyl (C=O) groups is 1. The average Bonchev–Trinajstić information content (AvgIpc) is 2.73. The van der Waals surface area contributed by atoms with Gasteiger partial charge in [-0.1, -0.05) is 0 Å². The molecule has 1 rings (SSSR count). The number of sulfonamides is 1. The Morgan fingerprint density at radius 1 is 1.61 bits per heavy atom. The maximum atomic E-state index is 12.0. The second-order valence-corrected chi connectivity index (χ2v) is 5.63. The molecule has 0 aliphatic heterocycles. The topological polar surface area (TPSA) is 102 Å². The van der Waals surface area contributed by atoms with Crippen LogP contribution >= 0.6 is 0 Å². The van der Waals surface area contributed by atoms with Crippen LogP contribution in [0.15, 0.2) is 17.3 Å². The Bertz CT molecular complexity index is 510. The van der Waals surface area contributed by atoms with E-state index in [2.05, 4.69) is 5.10 Å². The van der Waals surface area contributed by atoms with Crippen molar-refractivity contribution < 1.29 is 23.1 Å². The third kappa shape index (κ3) is 3.52. The fraction of sp³-hybridized carbons (Fsp3) is 0.556. The van der Waals surface area contributed by atoms with E-state index in [1.54, 1.807) is 0 Å². The molecule has 0 radical (unpaired) electrons. The van der Waals surface area contributed by atoms with Gasteiger partial charge in [0.05, 0.1) is 12.8 Å². The molecule has 0 unspecified atom stereocenters. The molecular formula is C9H15N3O5S. The Morgan fingerprint density at radius 3 is 2.83 bits per heavy atom. The number of rotatable bonds is 7. The van der Waals surface area contributed by atoms with Crippen molar-refractivity contribution in [1.29, 1.82) is 0 Å². The molecule has 0 saturated heterocycles. The minimum atomic E-state index is -3.65. The molecule has 102 valence electrons. The lowest BCUT2D eigenvalue weighted by Crippen LogP contribution is -2.29. The van der Waals surface area contributed by atoms with Gasteiger partial charge in [-0.15, -0.1) is 0 Å². The molecule has 0 fully saturated rings. The predicted octanol–water partition coefficient (Wildman–Crippen LogP) is -0.765. The first-order chi connectivity index (χ1) is 8.37. The second kappa shape index (κ2) is 5.94. The van der Waals surface area contributed by atoms with E-state index in [-0.39, 0.29) is 24.6 Å². The molecule has 1 aromatic rings. The van der Waals surface area contributed by atoms with Gasteiger partial charge in [-0.2, -0.15) is 9.40 Å². The average molecular weight is 277 g/mol. The highest BCUT2D eigenvalue weighted by Gasteiger charge is 2.22. The number of hydrogen-bond donors (Lipinski definition) is 1. The molecule has 1 heterocycles. The number of hydrogen-bond acceptors (Lipinski definition) is 5. The van der Waals surface area contributed by atoms with Gasteiger partial charge in [-0.3, -0.25) is 9.48 Å². The number of nitrogens with zero attached hydrogens (tertiary/aromatic N) is 3. The lowest BCUT2D eigenvalue weighted by atomic mass is 10.6. The molecule has 8 nitrogen and oxygen atoms in total. The molecule has 9 heteroatoms. The van der Waals surface area contributed by atoms with Crippen LogP contribution in [-0.4, -0.2) is 60.9 Å². The number of carboxylic acid groups (broad SMARTS) is 1. The third-order valence-electron chi connectivity index (χ3n) is 2.23. The van der Waals surface area contributed by atoms with Crippen molar-refractivity contribution in [1.82, 2.24) is 14.1 Å². The maximum Gasteiger partial charge on any atom is 0.325 e. The molecular weight excluding hydrogens is 262 g/mol. The van der Waals surface area contributed by atoms with Gasteiger partial charge in [0, 0.05) is 26.9 Å². The Hall–Kier alpha value is -1.45. The third-order valence-corrected chi connectivity index (χ3v) is 4.04. The maximum absolute atomic E-state index is 12.0. The van der Waals surface area contributed by atoms with Crippen molar-refractivity contribution in [2.45, 2.75) is 11.4 Å². The van der Waals surface area contributed by atoms with E-state index in [4.69, 9.17) is 9.84 Å². The molecule has 18 heavy (non-hydrogen) atoms. The fourth-order valence-corrected chi connectivity index (χ4v) is 2.33. The van der Waals surface area contributed by atoms with Crippen molar-refractivity contribution in [3.05, 3.63) is 12.4 Å². The van der Waals surface area contributed by atoms with Gasteiger partial charge < -0.3 is 9.84 Å². The summed E-state index contributed by atoms with van der Waals surface area (Å²) >= 11 is 0. The minimum absolute atomic E-state index is 0.0395. The molecule has 1 aromatic heterocycles. The van der Waals surface area contributed by atoms with E-state index in [1.165, 1.54) is 20.4 Å². The number of aliphatic carboxylic acids is 1. The zero-order valence-electron chi connectivity index (χ0n) is 10.1. The fourth-order valence-electron chi connectivity index (χ4n) is 1.22. The smallest absolute Gasteiger partial charge is 0.325 e. The van der Waals surface area contributed by atoms with E-state index in [9.17, 15) is 13.2 Å². The zero-order chi connectivity index (χ0) is 13.8. The largest absolute Gasteiger partial charge is 0.480 e. The molecule has 0 bridgehead atoms. The highest BCUT2D eigenvalue weighted by Crippen LogP contribution is 2.12. The Labute approximate surface area is 105 Å². The number of aromatic nitrogens is 2. The SMILES string of the molecule is COCCN(C)S(=O)(=O)c1cnn(CC(=O)O)c1. The summed E-state index contributed by atoms with van der Waals surface area (Å²) in [5.74, 6) is -1.09. The van der Waals surface area contributed by atoms with E-state index >= 15 is 0 Å². The predicted molar refractivity (Wildman–Crippen MR) is 61.6 cm³/mol. The Balaban J connectivity index is 2.84.